The Kier molecular flexibility index (Phi) is 5.53. The third-order valence-corrected chi connectivity index (χ3v) is 4.22. The molecule has 0 fully saturated rings. The van der Waals surface area contributed by atoms with Gasteiger partial charge in [0.1, 0.15) is 0 Å². The normalized spacial score (nSPS) is 13.6. The molecule has 3 nitrogen and oxygen atoms in total. The third kappa shape index (κ3) is 4.16. The molecule has 0 amide bonds. The number of carboxylic acid groups (broad SMARTS) is 1. The van der Waals surface area contributed by atoms with Crippen LogP contribution in [0.15, 0.2) is 59.1 Å². The molecule has 2 aromatic carbocycles. The highest BCUT2D eigenvalue weighted by atomic mass is 79.9. The van der Waals surface area contributed by atoms with E-state index in [0.29, 0.717) is 6.54 Å². The van der Waals surface area contributed by atoms with Gasteiger partial charge in [-0.1, -0.05) is 64.5 Å². The summed E-state index contributed by atoms with van der Waals surface area (Å²) in [5.41, 5.74) is 1.94. The molecule has 0 heterocycles. The summed E-state index contributed by atoms with van der Waals surface area (Å²) in [5, 5.41) is 12.7. The Bertz CT molecular complexity index is 601. The molecule has 0 aromatic heterocycles. The van der Waals surface area contributed by atoms with Crippen LogP contribution in [0, 0.1) is 0 Å². The molecular weight excluding hydrogens is 330 g/mol. The second-order valence-electron chi connectivity index (χ2n) is 4.95. The number of rotatable bonds is 6. The van der Waals surface area contributed by atoms with Crippen LogP contribution >= 0.6 is 15.9 Å². The van der Waals surface area contributed by atoms with Crippen LogP contribution in [-0.4, -0.2) is 17.6 Å². The Labute approximate surface area is 133 Å². The summed E-state index contributed by atoms with van der Waals surface area (Å²) < 4.78 is 1.02. The molecule has 2 N–H and O–H groups in total. The average Bonchev–Trinajstić information content (AvgIpc) is 2.48. The van der Waals surface area contributed by atoms with E-state index in [0.717, 1.165) is 15.6 Å². The van der Waals surface area contributed by atoms with E-state index in [-0.39, 0.29) is 6.04 Å². The minimum absolute atomic E-state index is 0.0751. The second kappa shape index (κ2) is 7.38. The number of carbonyl (C=O) groups is 1. The lowest BCUT2D eigenvalue weighted by Gasteiger charge is -2.19. The van der Waals surface area contributed by atoms with E-state index in [1.807, 2.05) is 61.5 Å². The van der Waals surface area contributed by atoms with Gasteiger partial charge in [0.2, 0.25) is 0 Å². The Morgan fingerprint density at radius 2 is 1.76 bits per heavy atom. The van der Waals surface area contributed by atoms with Crippen molar-refractivity contribution in [2.24, 2.45) is 0 Å². The molecule has 2 aromatic rings. The molecule has 0 bridgehead atoms. The highest BCUT2D eigenvalue weighted by Gasteiger charge is 2.20. The van der Waals surface area contributed by atoms with Crippen LogP contribution in [0.3, 0.4) is 0 Å². The van der Waals surface area contributed by atoms with Crippen LogP contribution in [0.2, 0.25) is 0 Å². The van der Waals surface area contributed by atoms with Gasteiger partial charge in [-0.05, 0) is 24.1 Å². The number of hydrogen-bond donors (Lipinski definition) is 2. The maximum Gasteiger partial charge on any atom is 0.312 e. The molecule has 21 heavy (non-hydrogen) atoms. The average molecular weight is 348 g/mol. The molecule has 0 aliphatic carbocycles. The van der Waals surface area contributed by atoms with Crippen molar-refractivity contribution in [2.75, 3.05) is 6.54 Å². The van der Waals surface area contributed by atoms with Gasteiger partial charge in [0.25, 0.3) is 0 Å². The van der Waals surface area contributed by atoms with Gasteiger partial charge in [0.05, 0.1) is 5.92 Å². The Morgan fingerprint density at radius 1 is 1.14 bits per heavy atom. The molecule has 2 atom stereocenters. The Balaban J connectivity index is 2.06. The topological polar surface area (TPSA) is 49.3 Å². The largest absolute Gasteiger partial charge is 0.481 e. The van der Waals surface area contributed by atoms with E-state index >= 15 is 0 Å². The monoisotopic (exact) mass is 347 g/mol. The first kappa shape index (κ1) is 15.7. The minimum atomic E-state index is -0.812. The number of carboxylic acids is 1. The zero-order valence-corrected chi connectivity index (χ0v) is 13.4. The van der Waals surface area contributed by atoms with Crippen LogP contribution in [0.1, 0.15) is 30.0 Å². The van der Waals surface area contributed by atoms with E-state index in [2.05, 4.69) is 21.2 Å². The quantitative estimate of drug-likeness (QED) is 0.831. The summed E-state index contributed by atoms with van der Waals surface area (Å²) in [5.74, 6) is -1.36. The molecule has 2 rings (SSSR count). The standard InChI is InChI=1S/C17H18BrNO2/c1-12(14-9-5-6-10-16(14)18)19-11-15(17(20)21)13-7-3-2-4-8-13/h2-10,12,15,19H,11H2,1H3,(H,20,21)/t12-,15?/m0/s1. The fourth-order valence-electron chi connectivity index (χ4n) is 2.26. The molecule has 0 radical (unpaired) electrons. The molecule has 0 saturated carbocycles. The summed E-state index contributed by atoms with van der Waals surface area (Å²) in [6, 6.07) is 17.3. The van der Waals surface area contributed by atoms with Crippen molar-refractivity contribution in [3.63, 3.8) is 0 Å². The van der Waals surface area contributed by atoms with Gasteiger partial charge in [-0.3, -0.25) is 4.79 Å². The van der Waals surface area contributed by atoms with Crippen molar-refractivity contribution >= 4 is 21.9 Å². The van der Waals surface area contributed by atoms with Gasteiger partial charge < -0.3 is 10.4 Å². The van der Waals surface area contributed by atoms with Crippen molar-refractivity contribution in [1.82, 2.24) is 5.32 Å². The summed E-state index contributed by atoms with van der Waals surface area (Å²) in [6.07, 6.45) is 0. The lowest BCUT2D eigenvalue weighted by Crippen LogP contribution is -2.29. The molecule has 0 spiro atoms. The molecule has 1 unspecified atom stereocenters. The van der Waals surface area contributed by atoms with Crippen LogP contribution in [0.25, 0.3) is 0 Å². The molecule has 4 heteroatoms. The number of nitrogens with one attached hydrogen (secondary N) is 1. The SMILES string of the molecule is C[C@H](NCC(C(=O)O)c1ccccc1)c1ccccc1Br. The smallest absolute Gasteiger partial charge is 0.312 e. The molecule has 0 aliphatic rings. The Morgan fingerprint density at radius 3 is 2.38 bits per heavy atom. The lowest BCUT2D eigenvalue weighted by molar-refractivity contribution is -0.138. The highest BCUT2D eigenvalue weighted by Crippen LogP contribution is 2.23. The van der Waals surface area contributed by atoms with Gasteiger partial charge in [-0.15, -0.1) is 0 Å². The molecule has 0 saturated heterocycles. The van der Waals surface area contributed by atoms with Gasteiger partial charge in [-0.2, -0.15) is 0 Å². The zero-order valence-electron chi connectivity index (χ0n) is 11.8. The van der Waals surface area contributed by atoms with Crippen molar-refractivity contribution in [3.8, 4) is 0 Å². The molecule has 110 valence electrons. The summed E-state index contributed by atoms with van der Waals surface area (Å²) in [7, 11) is 0. The number of hydrogen-bond acceptors (Lipinski definition) is 2. The number of benzene rings is 2. The van der Waals surface area contributed by atoms with Gasteiger partial charge >= 0.3 is 5.97 Å². The fourth-order valence-corrected chi connectivity index (χ4v) is 2.89. The third-order valence-electron chi connectivity index (χ3n) is 3.50. The van der Waals surface area contributed by atoms with Gasteiger partial charge in [0, 0.05) is 17.1 Å². The van der Waals surface area contributed by atoms with Crippen LogP contribution in [0.5, 0.6) is 0 Å². The van der Waals surface area contributed by atoms with E-state index in [4.69, 9.17) is 0 Å². The lowest BCUT2D eigenvalue weighted by atomic mass is 9.98. The number of aliphatic carboxylic acids is 1. The van der Waals surface area contributed by atoms with Crippen molar-refractivity contribution < 1.29 is 9.90 Å². The minimum Gasteiger partial charge on any atom is -0.481 e. The van der Waals surface area contributed by atoms with E-state index < -0.39 is 11.9 Å². The van der Waals surface area contributed by atoms with Crippen molar-refractivity contribution in [2.45, 2.75) is 18.9 Å². The van der Waals surface area contributed by atoms with E-state index in [1.54, 1.807) is 0 Å². The highest BCUT2D eigenvalue weighted by molar-refractivity contribution is 9.10. The zero-order chi connectivity index (χ0) is 15.2. The van der Waals surface area contributed by atoms with Gasteiger partial charge in [-0.25, -0.2) is 0 Å². The number of halogens is 1. The van der Waals surface area contributed by atoms with Crippen LogP contribution < -0.4 is 5.32 Å². The fraction of sp³-hybridized carbons (Fsp3) is 0.235. The van der Waals surface area contributed by atoms with Crippen LogP contribution in [0.4, 0.5) is 0 Å². The van der Waals surface area contributed by atoms with Crippen molar-refractivity contribution in [3.05, 3.63) is 70.2 Å². The molecular formula is C17H18BrNO2. The predicted octanol–water partition coefficient (Wildman–Crippen LogP) is 3.97. The van der Waals surface area contributed by atoms with Crippen molar-refractivity contribution in [1.29, 1.82) is 0 Å². The first-order chi connectivity index (χ1) is 10.1. The first-order valence-electron chi connectivity index (χ1n) is 6.85. The second-order valence-corrected chi connectivity index (χ2v) is 5.81. The summed E-state index contributed by atoms with van der Waals surface area (Å²) in [4.78, 5) is 11.5. The maximum absolute atomic E-state index is 11.5. The first-order valence-corrected chi connectivity index (χ1v) is 7.64. The van der Waals surface area contributed by atoms with E-state index in [9.17, 15) is 9.90 Å². The summed E-state index contributed by atoms with van der Waals surface area (Å²) >= 11 is 3.52. The molecule has 0 aliphatic heterocycles. The predicted molar refractivity (Wildman–Crippen MR) is 87.4 cm³/mol. The summed E-state index contributed by atoms with van der Waals surface area (Å²) in [6.45, 7) is 2.42. The maximum atomic E-state index is 11.5. The van der Waals surface area contributed by atoms with Crippen LogP contribution in [-0.2, 0) is 4.79 Å². The van der Waals surface area contributed by atoms with Gasteiger partial charge in [0.15, 0.2) is 0 Å². The van der Waals surface area contributed by atoms with E-state index in [1.165, 1.54) is 0 Å². The Hall–Kier alpha value is -1.65.